The first kappa shape index (κ1) is 17.5. The molecular formula is C16H22F2N2O3. The van der Waals surface area contributed by atoms with E-state index in [-0.39, 0.29) is 24.1 Å². The van der Waals surface area contributed by atoms with E-state index in [1.54, 1.807) is 19.1 Å². The van der Waals surface area contributed by atoms with E-state index in [1.807, 2.05) is 0 Å². The van der Waals surface area contributed by atoms with Gasteiger partial charge in [-0.2, -0.15) is 8.78 Å². The summed E-state index contributed by atoms with van der Waals surface area (Å²) in [7, 11) is 0. The van der Waals surface area contributed by atoms with Crippen LogP contribution >= 0.6 is 0 Å². The number of anilines is 1. The van der Waals surface area contributed by atoms with E-state index in [0.29, 0.717) is 11.5 Å². The third-order valence-electron chi connectivity index (χ3n) is 4.13. The molecule has 1 aliphatic rings. The van der Waals surface area contributed by atoms with E-state index < -0.39 is 12.6 Å². The Hall–Kier alpha value is -1.89. The molecule has 0 bridgehead atoms. The minimum atomic E-state index is -2.95. The summed E-state index contributed by atoms with van der Waals surface area (Å²) in [6, 6.07) is 4.28. The molecule has 0 saturated heterocycles. The van der Waals surface area contributed by atoms with Crippen molar-refractivity contribution in [1.29, 1.82) is 0 Å². The van der Waals surface area contributed by atoms with E-state index in [4.69, 9.17) is 5.11 Å². The molecule has 7 heteroatoms. The molecule has 0 atom stereocenters. The molecule has 0 heterocycles. The number of hydrogen-bond acceptors (Lipinski definition) is 3. The monoisotopic (exact) mass is 328 g/mol. The molecule has 1 aromatic carbocycles. The lowest BCUT2D eigenvalue weighted by atomic mass is 9.87. The van der Waals surface area contributed by atoms with Gasteiger partial charge in [0.15, 0.2) is 0 Å². The van der Waals surface area contributed by atoms with Crippen molar-refractivity contribution in [2.75, 3.05) is 11.9 Å². The van der Waals surface area contributed by atoms with Crippen LogP contribution in [-0.4, -0.2) is 30.4 Å². The average molecular weight is 328 g/mol. The molecule has 1 saturated carbocycles. The molecule has 0 aromatic heterocycles. The SMILES string of the molecule is Cc1cccc(OC(F)F)c1NC(=O)NC1CCC(CO)CC1. The van der Waals surface area contributed by atoms with Crippen LogP contribution in [0.1, 0.15) is 31.2 Å². The lowest BCUT2D eigenvalue weighted by Crippen LogP contribution is -2.40. The van der Waals surface area contributed by atoms with Gasteiger partial charge in [0, 0.05) is 12.6 Å². The topological polar surface area (TPSA) is 70.6 Å². The van der Waals surface area contributed by atoms with E-state index in [0.717, 1.165) is 25.7 Å². The molecule has 0 spiro atoms. The summed E-state index contributed by atoms with van der Waals surface area (Å²) in [5.74, 6) is 0.248. The number of carbonyl (C=O) groups is 1. The smallest absolute Gasteiger partial charge is 0.387 e. The van der Waals surface area contributed by atoms with Crippen LogP contribution < -0.4 is 15.4 Å². The van der Waals surface area contributed by atoms with Crippen LogP contribution in [-0.2, 0) is 0 Å². The van der Waals surface area contributed by atoms with Crippen LogP contribution in [0.3, 0.4) is 0 Å². The van der Waals surface area contributed by atoms with Gasteiger partial charge in [-0.3, -0.25) is 0 Å². The minimum absolute atomic E-state index is 0.0290. The fraction of sp³-hybridized carbons (Fsp3) is 0.562. The molecule has 5 nitrogen and oxygen atoms in total. The summed E-state index contributed by atoms with van der Waals surface area (Å²) >= 11 is 0. The van der Waals surface area contributed by atoms with Gasteiger partial charge in [0.25, 0.3) is 0 Å². The first-order valence-corrected chi connectivity index (χ1v) is 7.72. The van der Waals surface area contributed by atoms with Gasteiger partial charge in [0.1, 0.15) is 5.75 Å². The van der Waals surface area contributed by atoms with Gasteiger partial charge in [-0.15, -0.1) is 0 Å². The maximum absolute atomic E-state index is 12.4. The molecule has 2 rings (SSSR count). The molecule has 1 aliphatic carbocycles. The summed E-state index contributed by atoms with van der Waals surface area (Å²) in [6.07, 6.45) is 3.33. The van der Waals surface area contributed by atoms with E-state index in [1.165, 1.54) is 6.07 Å². The molecule has 0 aliphatic heterocycles. The summed E-state index contributed by atoms with van der Waals surface area (Å²) < 4.78 is 29.3. The largest absolute Gasteiger partial charge is 0.433 e. The number of carbonyl (C=O) groups excluding carboxylic acids is 1. The number of aryl methyl sites for hydroxylation is 1. The molecule has 3 N–H and O–H groups in total. The molecule has 1 aromatic rings. The fourth-order valence-corrected chi connectivity index (χ4v) is 2.82. The lowest BCUT2D eigenvalue weighted by molar-refractivity contribution is -0.0493. The summed E-state index contributed by atoms with van der Waals surface area (Å²) in [5, 5.41) is 14.6. The van der Waals surface area contributed by atoms with Crippen molar-refractivity contribution in [3.63, 3.8) is 0 Å². The molecule has 0 unspecified atom stereocenters. The zero-order chi connectivity index (χ0) is 16.8. The summed E-state index contributed by atoms with van der Waals surface area (Å²) in [6.45, 7) is -1.06. The first-order valence-electron chi connectivity index (χ1n) is 7.72. The Bertz CT molecular complexity index is 532. The third kappa shape index (κ3) is 5.06. The number of amides is 2. The van der Waals surface area contributed by atoms with Crippen LogP contribution in [0.25, 0.3) is 0 Å². The lowest BCUT2D eigenvalue weighted by Gasteiger charge is -2.28. The normalized spacial score (nSPS) is 21.1. The zero-order valence-corrected chi connectivity index (χ0v) is 13.0. The Morgan fingerprint density at radius 2 is 2.04 bits per heavy atom. The van der Waals surface area contributed by atoms with Crippen LogP contribution in [0.5, 0.6) is 5.75 Å². The molecule has 1 fully saturated rings. The molecule has 23 heavy (non-hydrogen) atoms. The molecule has 2 amide bonds. The number of aliphatic hydroxyl groups excluding tert-OH is 1. The number of hydrogen-bond donors (Lipinski definition) is 3. The number of nitrogens with one attached hydrogen (secondary N) is 2. The number of benzene rings is 1. The summed E-state index contributed by atoms with van der Waals surface area (Å²) in [5.41, 5.74) is 0.886. The average Bonchev–Trinajstić information content (AvgIpc) is 2.51. The van der Waals surface area contributed by atoms with Crippen molar-refractivity contribution in [2.45, 2.75) is 45.3 Å². The highest BCUT2D eigenvalue weighted by atomic mass is 19.3. The highest BCUT2D eigenvalue weighted by Gasteiger charge is 2.22. The van der Waals surface area contributed by atoms with E-state index >= 15 is 0 Å². The van der Waals surface area contributed by atoms with Crippen molar-refractivity contribution in [3.05, 3.63) is 23.8 Å². The van der Waals surface area contributed by atoms with Crippen molar-refractivity contribution in [1.82, 2.24) is 5.32 Å². The minimum Gasteiger partial charge on any atom is -0.433 e. The van der Waals surface area contributed by atoms with Crippen molar-refractivity contribution in [2.24, 2.45) is 5.92 Å². The maximum atomic E-state index is 12.4. The van der Waals surface area contributed by atoms with Crippen molar-refractivity contribution < 1.29 is 23.4 Å². The Morgan fingerprint density at radius 1 is 1.35 bits per heavy atom. The number of alkyl halides is 2. The van der Waals surface area contributed by atoms with Crippen LogP contribution in [0.15, 0.2) is 18.2 Å². The van der Waals surface area contributed by atoms with Gasteiger partial charge in [0.2, 0.25) is 0 Å². The van der Waals surface area contributed by atoms with E-state index in [2.05, 4.69) is 15.4 Å². The Labute approximate surface area is 134 Å². The number of halogens is 2. The highest BCUT2D eigenvalue weighted by molar-refractivity contribution is 5.92. The predicted molar refractivity (Wildman–Crippen MR) is 82.8 cm³/mol. The molecular weight excluding hydrogens is 306 g/mol. The van der Waals surface area contributed by atoms with Gasteiger partial charge in [0.05, 0.1) is 5.69 Å². The maximum Gasteiger partial charge on any atom is 0.387 e. The van der Waals surface area contributed by atoms with Crippen molar-refractivity contribution in [3.8, 4) is 5.75 Å². The second-order valence-corrected chi connectivity index (χ2v) is 5.83. The van der Waals surface area contributed by atoms with Crippen LogP contribution in [0, 0.1) is 12.8 Å². The number of aliphatic hydroxyl groups is 1. The highest BCUT2D eigenvalue weighted by Crippen LogP contribution is 2.29. The van der Waals surface area contributed by atoms with Gasteiger partial charge < -0.3 is 20.5 Å². The predicted octanol–water partition coefficient (Wildman–Crippen LogP) is 3.27. The van der Waals surface area contributed by atoms with Gasteiger partial charge in [-0.1, -0.05) is 12.1 Å². The number of ether oxygens (including phenoxy) is 1. The van der Waals surface area contributed by atoms with E-state index in [9.17, 15) is 13.6 Å². The second-order valence-electron chi connectivity index (χ2n) is 5.83. The third-order valence-corrected chi connectivity index (χ3v) is 4.13. The first-order chi connectivity index (χ1) is 11.0. The van der Waals surface area contributed by atoms with Crippen LogP contribution in [0.4, 0.5) is 19.3 Å². The summed E-state index contributed by atoms with van der Waals surface area (Å²) in [4.78, 5) is 12.1. The Morgan fingerprint density at radius 3 is 2.65 bits per heavy atom. The van der Waals surface area contributed by atoms with Gasteiger partial charge in [-0.05, 0) is 50.2 Å². The standard InChI is InChI=1S/C16H22F2N2O3/c1-10-3-2-4-13(23-15(17)18)14(10)20-16(22)19-12-7-5-11(9-21)6-8-12/h2-4,11-12,15,21H,5-9H2,1H3,(H2,19,20,22). The van der Waals surface area contributed by atoms with Crippen LogP contribution in [0.2, 0.25) is 0 Å². The second kappa shape index (κ2) is 8.10. The number of para-hydroxylation sites is 1. The molecule has 0 radical (unpaired) electrons. The Balaban J connectivity index is 1.95. The fourth-order valence-electron chi connectivity index (χ4n) is 2.82. The van der Waals surface area contributed by atoms with Gasteiger partial charge >= 0.3 is 12.6 Å². The molecule has 128 valence electrons. The Kier molecular flexibility index (Phi) is 6.15. The number of urea groups is 1. The van der Waals surface area contributed by atoms with Crippen molar-refractivity contribution >= 4 is 11.7 Å². The number of rotatable bonds is 5. The quantitative estimate of drug-likeness (QED) is 0.777. The van der Waals surface area contributed by atoms with Gasteiger partial charge in [-0.25, -0.2) is 4.79 Å². The zero-order valence-electron chi connectivity index (χ0n) is 13.0.